The number of amides is 1. The molecule has 0 N–H and O–H groups in total. The average molecular weight is 489 g/mol. The van der Waals surface area contributed by atoms with Crippen molar-refractivity contribution in [2.45, 2.75) is 77.8 Å². The molecule has 1 aliphatic heterocycles. The maximum Gasteiger partial charge on any atom is 0.410 e. The number of rotatable bonds is 7. The van der Waals surface area contributed by atoms with Crippen molar-refractivity contribution in [1.29, 1.82) is 0 Å². The molecule has 0 saturated carbocycles. The third-order valence-electron chi connectivity index (χ3n) is 6.01. The predicted octanol–water partition coefficient (Wildman–Crippen LogP) is 5.93. The first-order chi connectivity index (χ1) is 15.8. The molecule has 0 spiro atoms. The Morgan fingerprint density at radius 3 is 2.41 bits per heavy atom. The van der Waals surface area contributed by atoms with Gasteiger partial charge in [-0.25, -0.2) is 9.78 Å². The van der Waals surface area contributed by atoms with Gasteiger partial charge in [-0.2, -0.15) is 0 Å². The van der Waals surface area contributed by atoms with Crippen molar-refractivity contribution in [3.05, 3.63) is 24.0 Å². The lowest BCUT2D eigenvalue weighted by atomic mass is 9.92. The summed E-state index contributed by atoms with van der Waals surface area (Å²) in [6.45, 7) is 16.1. The van der Waals surface area contributed by atoms with Crippen molar-refractivity contribution >= 4 is 28.9 Å². The summed E-state index contributed by atoms with van der Waals surface area (Å²) in [5, 5.41) is 0. The van der Waals surface area contributed by atoms with Crippen molar-refractivity contribution in [1.82, 2.24) is 19.4 Å². The van der Waals surface area contributed by atoms with Crippen molar-refractivity contribution < 1.29 is 9.53 Å². The third kappa shape index (κ3) is 7.91. The van der Waals surface area contributed by atoms with Crippen LogP contribution < -0.4 is 0 Å². The number of thioether (sulfide) groups is 1. The van der Waals surface area contributed by atoms with Crippen LogP contribution in [0.2, 0.25) is 0 Å². The normalized spacial score (nSPS) is 16.0. The van der Waals surface area contributed by atoms with E-state index in [-0.39, 0.29) is 11.5 Å². The number of aromatic nitrogens is 2. The average Bonchev–Trinajstić information content (AvgIpc) is 3.04. The van der Waals surface area contributed by atoms with E-state index in [0.29, 0.717) is 5.92 Å². The van der Waals surface area contributed by atoms with Crippen molar-refractivity contribution in [3.8, 4) is 0 Å². The van der Waals surface area contributed by atoms with Crippen LogP contribution in [0.15, 0.2) is 23.1 Å². The Hall–Kier alpha value is -1.73. The number of hydrogen-bond donors (Lipinski definition) is 0. The van der Waals surface area contributed by atoms with E-state index in [1.165, 1.54) is 16.2 Å². The standard InChI is InChI=1S/C27H44N4O2S/c1-26(2,3)18-24-28-22-17-21(9-10-23(22)31(24)16-15-29(7)8)34-19-20-11-13-30(14-12-20)25(32)33-27(4,5)6/h9-10,17,20H,11-16,18-19H2,1-8H3. The molecule has 0 unspecified atom stereocenters. The van der Waals surface area contributed by atoms with E-state index in [1.54, 1.807) is 0 Å². The van der Waals surface area contributed by atoms with Crippen LogP contribution in [0.3, 0.4) is 0 Å². The summed E-state index contributed by atoms with van der Waals surface area (Å²) in [6.07, 6.45) is 2.85. The SMILES string of the molecule is CN(C)CCn1c(CC(C)(C)C)nc2cc(SCC3CCN(C(=O)OC(C)(C)C)CC3)ccc21. The molecule has 1 fully saturated rings. The van der Waals surface area contributed by atoms with Gasteiger partial charge in [-0.1, -0.05) is 20.8 Å². The summed E-state index contributed by atoms with van der Waals surface area (Å²) < 4.78 is 7.93. The molecule has 0 aliphatic carbocycles. The molecule has 0 radical (unpaired) electrons. The molecule has 0 atom stereocenters. The van der Waals surface area contributed by atoms with E-state index < -0.39 is 5.60 Å². The summed E-state index contributed by atoms with van der Waals surface area (Å²) in [5.41, 5.74) is 2.09. The van der Waals surface area contributed by atoms with Crippen molar-refractivity contribution in [2.24, 2.45) is 11.3 Å². The van der Waals surface area contributed by atoms with Crippen LogP contribution in [0.25, 0.3) is 11.0 Å². The minimum atomic E-state index is -0.436. The molecule has 1 amide bonds. The number of ether oxygens (including phenoxy) is 1. The van der Waals surface area contributed by atoms with Gasteiger partial charge in [0.15, 0.2) is 0 Å². The molecule has 2 heterocycles. The van der Waals surface area contributed by atoms with E-state index in [1.807, 2.05) is 37.4 Å². The fourth-order valence-electron chi connectivity index (χ4n) is 4.23. The summed E-state index contributed by atoms with van der Waals surface area (Å²) >= 11 is 1.92. The number of carbonyl (C=O) groups excluding carboxylic acids is 1. The van der Waals surface area contributed by atoms with Gasteiger partial charge in [0.05, 0.1) is 11.0 Å². The van der Waals surface area contributed by atoms with Crippen molar-refractivity contribution in [2.75, 3.05) is 39.5 Å². The Morgan fingerprint density at radius 2 is 1.82 bits per heavy atom. The highest BCUT2D eigenvalue weighted by Crippen LogP contribution is 2.31. The fourth-order valence-corrected chi connectivity index (χ4v) is 5.35. The maximum atomic E-state index is 12.3. The number of carbonyl (C=O) groups is 1. The lowest BCUT2D eigenvalue weighted by Gasteiger charge is -2.33. The van der Waals surface area contributed by atoms with Gasteiger partial charge < -0.3 is 19.1 Å². The molecular formula is C27H44N4O2S. The van der Waals surface area contributed by atoms with Crippen LogP contribution in [0.4, 0.5) is 4.79 Å². The molecule has 1 aromatic carbocycles. The number of piperidine rings is 1. The number of nitrogens with zero attached hydrogens (tertiary/aromatic N) is 4. The van der Waals surface area contributed by atoms with Gasteiger partial charge >= 0.3 is 6.09 Å². The monoisotopic (exact) mass is 488 g/mol. The van der Waals surface area contributed by atoms with Gasteiger partial charge in [0.25, 0.3) is 0 Å². The highest BCUT2D eigenvalue weighted by atomic mass is 32.2. The van der Waals surface area contributed by atoms with E-state index in [9.17, 15) is 4.79 Å². The maximum absolute atomic E-state index is 12.3. The Morgan fingerprint density at radius 1 is 1.15 bits per heavy atom. The van der Waals surface area contributed by atoms with Gasteiger partial charge in [-0.15, -0.1) is 11.8 Å². The number of benzene rings is 1. The number of likely N-dealkylation sites (N-methyl/N-ethyl adjacent to an activating group) is 1. The summed E-state index contributed by atoms with van der Waals surface area (Å²) in [5.74, 6) is 2.87. The van der Waals surface area contributed by atoms with Gasteiger partial charge in [-0.3, -0.25) is 0 Å². The molecule has 6 nitrogen and oxygen atoms in total. The molecule has 3 rings (SSSR count). The highest BCUT2D eigenvalue weighted by Gasteiger charge is 2.27. The molecule has 1 aromatic heterocycles. The van der Waals surface area contributed by atoms with Gasteiger partial charge in [0.2, 0.25) is 0 Å². The minimum Gasteiger partial charge on any atom is -0.444 e. The Labute approximate surface area is 210 Å². The fraction of sp³-hybridized carbons (Fsp3) is 0.704. The largest absolute Gasteiger partial charge is 0.444 e. The molecular weight excluding hydrogens is 444 g/mol. The van der Waals surface area contributed by atoms with Crippen LogP contribution in [0, 0.1) is 11.3 Å². The van der Waals surface area contributed by atoms with E-state index >= 15 is 0 Å². The molecule has 1 saturated heterocycles. The predicted molar refractivity (Wildman–Crippen MR) is 143 cm³/mol. The first-order valence-corrected chi connectivity index (χ1v) is 13.5. The van der Waals surface area contributed by atoms with E-state index in [2.05, 4.69) is 62.5 Å². The Kier molecular flexibility index (Phi) is 8.61. The quantitative estimate of drug-likeness (QED) is 0.453. The first-order valence-electron chi connectivity index (χ1n) is 12.6. The van der Waals surface area contributed by atoms with Gasteiger partial charge in [0, 0.05) is 43.2 Å². The number of fused-ring (bicyclic) bond motifs is 1. The lowest BCUT2D eigenvalue weighted by Crippen LogP contribution is -2.42. The number of imidazole rings is 1. The zero-order valence-electron chi connectivity index (χ0n) is 22.5. The highest BCUT2D eigenvalue weighted by molar-refractivity contribution is 7.99. The second kappa shape index (κ2) is 10.9. The topological polar surface area (TPSA) is 50.6 Å². The van der Waals surface area contributed by atoms with Crippen molar-refractivity contribution in [3.63, 3.8) is 0 Å². The smallest absolute Gasteiger partial charge is 0.410 e. The number of hydrogen-bond acceptors (Lipinski definition) is 5. The lowest BCUT2D eigenvalue weighted by molar-refractivity contribution is 0.0191. The second-order valence-electron chi connectivity index (χ2n) is 12.1. The molecule has 1 aliphatic rings. The van der Waals surface area contributed by atoms with Crippen LogP contribution in [-0.4, -0.2) is 70.5 Å². The molecule has 190 valence electrons. The molecule has 7 heteroatoms. The Bertz CT molecular complexity index is 963. The van der Waals surface area contributed by atoms with Gasteiger partial charge in [-0.05, 0) is 77.2 Å². The van der Waals surface area contributed by atoms with Crippen LogP contribution in [0.5, 0.6) is 0 Å². The second-order valence-corrected chi connectivity index (χ2v) is 13.2. The first kappa shape index (κ1) is 26.9. The van der Waals surface area contributed by atoms with E-state index in [0.717, 1.165) is 56.7 Å². The molecule has 2 aromatic rings. The van der Waals surface area contributed by atoms with Gasteiger partial charge in [0.1, 0.15) is 11.4 Å². The van der Waals surface area contributed by atoms with Crippen LogP contribution in [-0.2, 0) is 17.7 Å². The summed E-state index contributed by atoms with van der Waals surface area (Å²) in [4.78, 5) is 22.7. The number of likely N-dealkylation sites (tertiary alicyclic amines) is 1. The Balaban J connectivity index is 1.62. The zero-order chi connectivity index (χ0) is 25.1. The molecule has 0 bridgehead atoms. The molecule has 34 heavy (non-hydrogen) atoms. The minimum absolute atomic E-state index is 0.181. The summed E-state index contributed by atoms with van der Waals surface area (Å²) in [6, 6.07) is 6.75. The van der Waals surface area contributed by atoms with E-state index in [4.69, 9.17) is 9.72 Å². The zero-order valence-corrected chi connectivity index (χ0v) is 23.3. The third-order valence-corrected chi connectivity index (χ3v) is 7.24. The summed E-state index contributed by atoms with van der Waals surface area (Å²) in [7, 11) is 4.24. The van der Waals surface area contributed by atoms with Crippen LogP contribution >= 0.6 is 11.8 Å². The van der Waals surface area contributed by atoms with Crippen LogP contribution in [0.1, 0.15) is 60.2 Å².